The molecule has 1 aliphatic heterocycles. The van der Waals surface area contributed by atoms with Gasteiger partial charge in [0.15, 0.2) is 5.82 Å². The van der Waals surface area contributed by atoms with Crippen molar-refractivity contribution in [1.82, 2.24) is 25.4 Å². The maximum Gasteiger partial charge on any atom is 0.229 e. The molecule has 1 saturated heterocycles. The molecule has 3 heterocycles. The fraction of sp³-hybridized carbons (Fsp3) is 0.684. The molecule has 2 aliphatic rings. The third-order valence-electron chi connectivity index (χ3n) is 5.67. The lowest BCUT2D eigenvalue weighted by Gasteiger charge is -2.34. The highest BCUT2D eigenvalue weighted by molar-refractivity contribution is 5.29. The van der Waals surface area contributed by atoms with Crippen molar-refractivity contribution in [3.63, 3.8) is 0 Å². The molecule has 0 amide bonds. The zero-order valence-electron chi connectivity index (χ0n) is 15.5. The summed E-state index contributed by atoms with van der Waals surface area (Å²) in [5.41, 5.74) is 0. The van der Waals surface area contributed by atoms with Gasteiger partial charge in [0.2, 0.25) is 11.8 Å². The van der Waals surface area contributed by atoms with Crippen molar-refractivity contribution in [2.75, 3.05) is 24.5 Å². The van der Waals surface area contributed by atoms with E-state index in [4.69, 9.17) is 4.52 Å². The Labute approximate surface area is 154 Å². The number of hydrogen-bond acceptors (Lipinski definition) is 7. The number of rotatable bonds is 5. The summed E-state index contributed by atoms with van der Waals surface area (Å²) in [7, 11) is 0. The van der Waals surface area contributed by atoms with E-state index in [2.05, 4.69) is 30.3 Å². The predicted octanol–water partition coefficient (Wildman–Crippen LogP) is 2.70. The van der Waals surface area contributed by atoms with Crippen molar-refractivity contribution >= 4 is 5.95 Å². The van der Waals surface area contributed by atoms with Crippen LogP contribution in [0.25, 0.3) is 0 Å². The molecule has 7 heteroatoms. The molecule has 0 spiro atoms. The van der Waals surface area contributed by atoms with Crippen LogP contribution in [0.15, 0.2) is 23.0 Å². The SMILES string of the molecule is Cc1noc(C2CCC(NCC3CCCN(c4ncccn4)C3)CC2)n1. The highest BCUT2D eigenvalue weighted by atomic mass is 16.5. The van der Waals surface area contributed by atoms with E-state index in [9.17, 15) is 0 Å². The van der Waals surface area contributed by atoms with Gasteiger partial charge in [-0.25, -0.2) is 9.97 Å². The Bertz CT molecular complexity index is 682. The first-order valence-electron chi connectivity index (χ1n) is 9.83. The third kappa shape index (κ3) is 4.20. The molecule has 2 aromatic rings. The number of piperidine rings is 1. The van der Waals surface area contributed by atoms with Crippen molar-refractivity contribution in [3.05, 3.63) is 30.2 Å². The molecule has 1 saturated carbocycles. The minimum absolute atomic E-state index is 0.439. The van der Waals surface area contributed by atoms with Gasteiger partial charge in [0.1, 0.15) is 0 Å². The minimum Gasteiger partial charge on any atom is -0.341 e. The van der Waals surface area contributed by atoms with Crippen LogP contribution < -0.4 is 10.2 Å². The van der Waals surface area contributed by atoms with Crippen molar-refractivity contribution in [1.29, 1.82) is 0 Å². The summed E-state index contributed by atoms with van der Waals surface area (Å²) in [6.45, 7) is 5.08. The van der Waals surface area contributed by atoms with Gasteiger partial charge in [-0.2, -0.15) is 4.98 Å². The van der Waals surface area contributed by atoms with E-state index in [0.29, 0.717) is 17.9 Å². The zero-order chi connectivity index (χ0) is 17.8. The lowest BCUT2D eigenvalue weighted by Crippen LogP contribution is -2.43. The summed E-state index contributed by atoms with van der Waals surface area (Å²) in [4.78, 5) is 15.5. The Hall–Kier alpha value is -2.02. The van der Waals surface area contributed by atoms with Crippen LogP contribution in [0.1, 0.15) is 56.2 Å². The van der Waals surface area contributed by atoms with Crippen LogP contribution in [0.4, 0.5) is 5.95 Å². The monoisotopic (exact) mass is 356 g/mol. The van der Waals surface area contributed by atoms with Crippen LogP contribution in [0.2, 0.25) is 0 Å². The molecule has 1 aliphatic carbocycles. The summed E-state index contributed by atoms with van der Waals surface area (Å²) in [5.74, 6) is 3.54. The Morgan fingerprint density at radius 2 is 1.96 bits per heavy atom. The standard InChI is InChI=1S/C19H28N6O/c1-14-23-18(26-24-14)16-5-7-17(8-6-16)22-12-15-4-2-11-25(13-15)19-20-9-3-10-21-19/h3,9-10,15-17,22H,2,4-8,11-13H2,1H3. The number of nitrogens with zero attached hydrogens (tertiary/aromatic N) is 5. The van der Waals surface area contributed by atoms with E-state index in [-0.39, 0.29) is 0 Å². The minimum atomic E-state index is 0.439. The van der Waals surface area contributed by atoms with Gasteiger partial charge in [-0.1, -0.05) is 5.16 Å². The van der Waals surface area contributed by atoms with Gasteiger partial charge in [0.25, 0.3) is 0 Å². The molecule has 1 unspecified atom stereocenters. The molecule has 1 atom stereocenters. The molecular weight excluding hydrogens is 328 g/mol. The quantitative estimate of drug-likeness (QED) is 0.882. The summed E-state index contributed by atoms with van der Waals surface area (Å²) in [5, 5.41) is 7.73. The molecule has 0 bridgehead atoms. The average Bonchev–Trinajstić information content (AvgIpc) is 3.14. The number of aromatic nitrogens is 4. The fourth-order valence-electron chi connectivity index (χ4n) is 4.22. The van der Waals surface area contributed by atoms with Crippen LogP contribution in [-0.2, 0) is 0 Å². The first kappa shape index (κ1) is 17.4. The number of aryl methyl sites for hydroxylation is 1. The van der Waals surface area contributed by atoms with Gasteiger partial charge in [-0.15, -0.1) is 0 Å². The van der Waals surface area contributed by atoms with E-state index in [0.717, 1.165) is 50.1 Å². The number of hydrogen-bond donors (Lipinski definition) is 1. The maximum absolute atomic E-state index is 5.35. The molecule has 0 radical (unpaired) electrons. The van der Waals surface area contributed by atoms with Crippen LogP contribution in [0.3, 0.4) is 0 Å². The Morgan fingerprint density at radius 3 is 2.69 bits per heavy atom. The Kier molecular flexibility index (Phi) is 5.43. The molecule has 2 aromatic heterocycles. The summed E-state index contributed by atoms with van der Waals surface area (Å²) >= 11 is 0. The number of nitrogens with one attached hydrogen (secondary N) is 1. The van der Waals surface area contributed by atoms with Crippen molar-refractivity contribution < 1.29 is 4.52 Å². The van der Waals surface area contributed by atoms with Gasteiger partial charge in [-0.05, 0) is 64.0 Å². The van der Waals surface area contributed by atoms with E-state index < -0.39 is 0 Å². The second-order valence-electron chi connectivity index (χ2n) is 7.64. The van der Waals surface area contributed by atoms with Gasteiger partial charge in [0, 0.05) is 37.4 Å². The van der Waals surface area contributed by atoms with E-state index in [1.807, 2.05) is 25.4 Å². The van der Waals surface area contributed by atoms with Crippen LogP contribution >= 0.6 is 0 Å². The topological polar surface area (TPSA) is 80.0 Å². The molecular formula is C19H28N6O. The van der Waals surface area contributed by atoms with E-state index in [1.54, 1.807) is 0 Å². The van der Waals surface area contributed by atoms with Gasteiger partial charge < -0.3 is 14.7 Å². The largest absolute Gasteiger partial charge is 0.341 e. The smallest absolute Gasteiger partial charge is 0.229 e. The maximum atomic E-state index is 5.35. The predicted molar refractivity (Wildman–Crippen MR) is 99.0 cm³/mol. The number of anilines is 1. The first-order chi connectivity index (χ1) is 12.8. The molecule has 2 fully saturated rings. The summed E-state index contributed by atoms with van der Waals surface area (Å²) in [6.07, 6.45) is 10.8. The first-order valence-corrected chi connectivity index (χ1v) is 9.83. The Balaban J connectivity index is 1.22. The van der Waals surface area contributed by atoms with Gasteiger partial charge in [-0.3, -0.25) is 0 Å². The van der Waals surface area contributed by atoms with Crippen molar-refractivity contribution in [2.45, 2.75) is 57.4 Å². The highest BCUT2D eigenvalue weighted by Gasteiger charge is 2.27. The summed E-state index contributed by atoms with van der Waals surface area (Å²) in [6, 6.07) is 2.48. The lowest BCUT2D eigenvalue weighted by molar-refractivity contribution is 0.271. The van der Waals surface area contributed by atoms with Crippen LogP contribution in [0.5, 0.6) is 0 Å². The lowest BCUT2D eigenvalue weighted by atomic mass is 9.85. The molecule has 4 rings (SSSR count). The van der Waals surface area contributed by atoms with E-state index >= 15 is 0 Å². The molecule has 7 nitrogen and oxygen atoms in total. The third-order valence-corrected chi connectivity index (χ3v) is 5.67. The molecule has 140 valence electrons. The second kappa shape index (κ2) is 8.12. The van der Waals surface area contributed by atoms with Crippen LogP contribution in [-0.4, -0.2) is 45.8 Å². The van der Waals surface area contributed by atoms with Crippen molar-refractivity contribution in [2.24, 2.45) is 5.92 Å². The van der Waals surface area contributed by atoms with Gasteiger partial charge >= 0.3 is 0 Å². The fourth-order valence-corrected chi connectivity index (χ4v) is 4.22. The normalized spacial score (nSPS) is 26.8. The zero-order valence-corrected chi connectivity index (χ0v) is 15.5. The molecule has 1 N–H and O–H groups in total. The summed E-state index contributed by atoms with van der Waals surface area (Å²) < 4.78 is 5.35. The van der Waals surface area contributed by atoms with Gasteiger partial charge in [0.05, 0.1) is 0 Å². The second-order valence-corrected chi connectivity index (χ2v) is 7.64. The average molecular weight is 356 g/mol. The molecule has 26 heavy (non-hydrogen) atoms. The Morgan fingerprint density at radius 1 is 1.15 bits per heavy atom. The van der Waals surface area contributed by atoms with Crippen molar-refractivity contribution in [3.8, 4) is 0 Å². The molecule has 0 aromatic carbocycles. The highest BCUT2D eigenvalue weighted by Crippen LogP contribution is 2.32. The van der Waals surface area contributed by atoms with Crippen LogP contribution in [0, 0.1) is 12.8 Å². The van der Waals surface area contributed by atoms with E-state index in [1.165, 1.54) is 25.7 Å².